The van der Waals surface area contributed by atoms with Crippen LogP contribution in [0.4, 0.5) is 0 Å². The van der Waals surface area contributed by atoms with E-state index in [0.717, 1.165) is 0 Å². The molecule has 0 aliphatic rings. The van der Waals surface area contributed by atoms with Gasteiger partial charge >= 0.3 is 0 Å². The van der Waals surface area contributed by atoms with Crippen LogP contribution in [-0.4, -0.2) is 51.3 Å². The van der Waals surface area contributed by atoms with Gasteiger partial charge in [0, 0.05) is 5.79 Å². The van der Waals surface area contributed by atoms with Crippen LogP contribution in [0.25, 0.3) is 0 Å². The minimum Gasteiger partial charge on any atom is -0.292 e. The van der Waals surface area contributed by atoms with Gasteiger partial charge in [0.05, 0.1) is 9.52 Å². The predicted octanol–water partition coefficient (Wildman–Crippen LogP) is 2.05. The maximum atomic E-state index is 2.61. The number of hydrogen-bond acceptors (Lipinski definition) is 2. The van der Waals surface area contributed by atoms with Gasteiger partial charge in [0.1, 0.15) is 0 Å². The van der Waals surface area contributed by atoms with E-state index in [-0.39, 0.29) is 9.52 Å². The van der Waals surface area contributed by atoms with Crippen molar-refractivity contribution in [3.63, 3.8) is 0 Å². The van der Waals surface area contributed by atoms with E-state index in [9.17, 15) is 0 Å². The highest BCUT2D eigenvalue weighted by molar-refractivity contribution is 6.43. The molecular weight excluding hydrogens is 212 g/mol. The minimum absolute atomic E-state index is 0.153. The fraction of sp³-hybridized carbons (Fsp3) is 0.846. The largest absolute Gasteiger partial charge is 0.292 e. The Morgan fingerprint density at radius 1 is 0.875 bits per heavy atom. The van der Waals surface area contributed by atoms with Crippen LogP contribution in [0.1, 0.15) is 41.0 Å². The van der Waals surface area contributed by atoms with Crippen LogP contribution in [0, 0.1) is 0 Å². The fourth-order valence-corrected chi connectivity index (χ4v) is 4.60. The summed E-state index contributed by atoms with van der Waals surface area (Å²) in [5.74, 6) is 0.716. The van der Waals surface area contributed by atoms with E-state index < -0.39 is 0 Å². The van der Waals surface area contributed by atoms with Crippen LogP contribution >= 0.6 is 0 Å². The molecule has 0 heterocycles. The molecule has 0 radical (unpaired) electrons. The van der Waals surface area contributed by atoms with E-state index in [1.165, 1.54) is 32.6 Å². The first-order chi connectivity index (χ1) is 7.74. The molecule has 0 atom stereocenters. The zero-order valence-electron chi connectivity index (χ0n) is 11.9. The Kier molecular flexibility index (Phi) is 9.98. The van der Waals surface area contributed by atoms with Crippen LogP contribution in [-0.2, 0) is 0 Å². The first-order valence-corrected chi connectivity index (χ1v) is 8.51. The van der Waals surface area contributed by atoms with Crippen molar-refractivity contribution in [1.29, 1.82) is 0 Å². The molecule has 0 saturated carbocycles. The van der Waals surface area contributed by atoms with E-state index >= 15 is 0 Å². The second-order valence-corrected chi connectivity index (χ2v) is 5.71. The SMILES string of the molecule is CCC=C[SiH2]C(N(CC)CC)N(CC)CC. The molecule has 0 N–H and O–H groups in total. The van der Waals surface area contributed by atoms with E-state index in [1.54, 1.807) is 0 Å². The quantitative estimate of drug-likeness (QED) is 0.451. The lowest BCUT2D eigenvalue weighted by Crippen LogP contribution is -2.51. The summed E-state index contributed by atoms with van der Waals surface area (Å²) in [4.78, 5) is 5.22. The molecule has 0 aromatic carbocycles. The van der Waals surface area contributed by atoms with Crippen molar-refractivity contribution in [1.82, 2.24) is 9.80 Å². The summed E-state index contributed by atoms with van der Waals surface area (Å²) in [5, 5.41) is 0. The maximum absolute atomic E-state index is 2.61. The molecule has 0 fully saturated rings. The van der Waals surface area contributed by atoms with E-state index in [1.807, 2.05) is 0 Å². The van der Waals surface area contributed by atoms with Gasteiger partial charge in [-0.2, -0.15) is 0 Å². The summed E-state index contributed by atoms with van der Waals surface area (Å²) in [6.07, 6.45) is 3.52. The highest BCUT2D eigenvalue weighted by atomic mass is 28.2. The number of rotatable bonds is 9. The lowest BCUT2D eigenvalue weighted by atomic mass is 10.5. The summed E-state index contributed by atoms with van der Waals surface area (Å²) >= 11 is 0. The van der Waals surface area contributed by atoms with Gasteiger partial charge in [-0.05, 0) is 32.6 Å². The van der Waals surface area contributed by atoms with Crippen LogP contribution in [0.3, 0.4) is 0 Å². The predicted molar refractivity (Wildman–Crippen MR) is 77.6 cm³/mol. The Morgan fingerprint density at radius 3 is 1.62 bits per heavy atom. The van der Waals surface area contributed by atoms with Gasteiger partial charge in [-0.25, -0.2) is 0 Å². The van der Waals surface area contributed by atoms with Gasteiger partial charge in [-0.1, -0.05) is 40.7 Å². The van der Waals surface area contributed by atoms with Crippen molar-refractivity contribution in [2.75, 3.05) is 26.2 Å². The van der Waals surface area contributed by atoms with Crippen LogP contribution < -0.4 is 0 Å². The molecule has 0 saturated heterocycles. The van der Waals surface area contributed by atoms with Crippen molar-refractivity contribution < 1.29 is 0 Å². The molecule has 0 aromatic heterocycles. The third kappa shape index (κ3) is 5.28. The molecule has 16 heavy (non-hydrogen) atoms. The zero-order valence-corrected chi connectivity index (χ0v) is 13.3. The van der Waals surface area contributed by atoms with Gasteiger partial charge in [0.15, 0.2) is 0 Å². The molecule has 2 nitrogen and oxygen atoms in total. The molecule has 0 aliphatic heterocycles. The van der Waals surface area contributed by atoms with Gasteiger partial charge in [-0.3, -0.25) is 9.80 Å². The Hall–Kier alpha value is -0.123. The third-order valence-corrected chi connectivity index (χ3v) is 5.28. The van der Waals surface area contributed by atoms with Crippen LogP contribution in [0.5, 0.6) is 0 Å². The summed E-state index contributed by atoms with van der Waals surface area (Å²) in [7, 11) is -0.153. The summed E-state index contributed by atoms with van der Waals surface area (Å²) in [6.45, 7) is 16.0. The van der Waals surface area contributed by atoms with Crippen LogP contribution in [0.15, 0.2) is 11.8 Å². The molecule has 0 bridgehead atoms. The molecule has 0 aliphatic carbocycles. The van der Waals surface area contributed by atoms with Crippen molar-refractivity contribution in [3.8, 4) is 0 Å². The summed E-state index contributed by atoms with van der Waals surface area (Å²) < 4.78 is 0. The normalized spacial score (nSPS) is 13.2. The Balaban J connectivity index is 4.52. The zero-order chi connectivity index (χ0) is 12.4. The van der Waals surface area contributed by atoms with Crippen LogP contribution in [0.2, 0.25) is 0 Å². The Morgan fingerprint density at radius 2 is 1.31 bits per heavy atom. The molecule has 0 spiro atoms. The number of hydrogen-bond donors (Lipinski definition) is 0. The second-order valence-electron chi connectivity index (χ2n) is 4.04. The number of nitrogens with zero attached hydrogens (tertiary/aromatic N) is 2. The van der Waals surface area contributed by atoms with Crippen molar-refractivity contribution in [3.05, 3.63) is 11.8 Å². The molecule has 0 amide bonds. The first kappa shape index (κ1) is 15.9. The standard InChI is InChI=1S/C13H30N2Si/c1-6-11-12-16-13(14(7-2)8-3)15(9-4)10-5/h11-13H,6-10,16H2,1-5H3. The first-order valence-electron chi connectivity index (χ1n) is 6.87. The average molecular weight is 242 g/mol. The van der Waals surface area contributed by atoms with Gasteiger partial charge < -0.3 is 0 Å². The molecule has 0 rings (SSSR count). The fourth-order valence-electron chi connectivity index (χ4n) is 2.20. The van der Waals surface area contributed by atoms with Crippen molar-refractivity contribution in [2.45, 2.75) is 46.8 Å². The monoisotopic (exact) mass is 242 g/mol. The summed E-state index contributed by atoms with van der Waals surface area (Å²) in [6, 6.07) is 0. The van der Waals surface area contributed by atoms with Gasteiger partial charge in [0.2, 0.25) is 0 Å². The van der Waals surface area contributed by atoms with Gasteiger partial charge in [-0.15, -0.1) is 5.70 Å². The Labute approximate surface area is 105 Å². The van der Waals surface area contributed by atoms with E-state index in [4.69, 9.17) is 0 Å². The Bertz CT molecular complexity index is 163. The number of allylic oxidation sites excluding steroid dienone is 1. The van der Waals surface area contributed by atoms with Crippen molar-refractivity contribution >= 4 is 9.52 Å². The summed E-state index contributed by atoms with van der Waals surface area (Å²) in [5.41, 5.74) is 2.47. The molecule has 0 aromatic rings. The second kappa shape index (κ2) is 10.1. The smallest absolute Gasteiger partial charge is 0.0826 e. The molecule has 3 heteroatoms. The maximum Gasteiger partial charge on any atom is 0.0826 e. The molecule has 0 unspecified atom stereocenters. The lowest BCUT2D eigenvalue weighted by molar-refractivity contribution is 0.116. The van der Waals surface area contributed by atoms with E-state index in [2.05, 4.69) is 56.2 Å². The topological polar surface area (TPSA) is 6.48 Å². The lowest BCUT2D eigenvalue weighted by Gasteiger charge is -2.37. The average Bonchev–Trinajstić information content (AvgIpc) is 2.31. The molecule has 96 valence electrons. The van der Waals surface area contributed by atoms with E-state index in [0.29, 0.717) is 5.79 Å². The third-order valence-electron chi connectivity index (χ3n) is 3.22. The minimum atomic E-state index is -0.153. The van der Waals surface area contributed by atoms with Crippen molar-refractivity contribution in [2.24, 2.45) is 0 Å². The highest BCUT2D eigenvalue weighted by Crippen LogP contribution is 2.05. The highest BCUT2D eigenvalue weighted by Gasteiger charge is 2.19. The van der Waals surface area contributed by atoms with Gasteiger partial charge in [0.25, 0.3) is 0 Å². The molecular formula is C13H30N2Si.